The SMILES string of the molecule is CCCO[P@](C)(=O)OCCN1CCCCC1. The molecule has 0 bridgehead atoms. The van der Waals surface area contributed by atoms with Crippen molar-refractivity contribution in [2.24, 2.45) is 0 Å². The molecule has 0 aromatic rings. The zero-order chi connectivity index (χ0) is 11.9. The quantitative estimate of drug-likeness (QED) is 0.650. The minimum atomic E-state index is -2.80. The standard InChI is InChI=1S/C11H24NO3P/c1-3-10-14-16(2,13)15-11-9-12-7-5-4-6-8-12/h3-11H2,1-2H3/t16-/m0/s1. The molecule has 96 valence electrons. The van der Waals surface area contributed by atoms with Gasteiger partial charge in [0.1, 0.15) is 0 Å². The molecule has 1 aliphatic rings. The monoisotopic (exact) mass is 249 g/mol. The van der Waals surface area contributed by atoms with Crippen LogP contribution in [0.25, 0.3) is 0 Å². The predicted molar refractivity (Wildman–Crippen MR) is 66.0 cm³/mol. The second kappa shape index (κ2) is 7.44. The summed E-state index contributed by atoms with van der Waals surface area (Å²) >= 11 is 0. The fourth-order valence-electron chi connectivity index (χ4n) is 1.81. The normalized spacial score (nSPS) is 21.9. The highest BCUT2D eigenvalue weighted by Gasteiger charge is 2.17. The van der Waals surface area contributed by atoms with Crippen LogP contribution in [0.15, 0.2) is 0 Å². The van der Waals surface area contributed by atoms with Gasteiger partial charge in [0.15, 0.2) is 0 Å². The van der Waals surface area contributed by atoms with Gasteiger partial charge in [-0.2, -0.15) is 0 Å². The summed E-state index contributed by atoms with van der Waals surface area (Å²) in [4.78, 5) is 2.36. The molecule has 0 amide bonds. The van der Waals surface area contributed by atoms with E-state index in [9.17, 15) is 4.57 Å². The summed E-state index contributed by atoms with van der Waals surface area (Å²) < 4.78 is 22.3. The Labute approximate surface area is 98.8 Å². The Bertz CT molecular complexity index is 229. The fraction of sp³-hybridized carbons (Fsp3) is 1.00. The maximum absolute atomic E-state index is 11.8. The van der Waals surface area contributed by atoms with Crippen LogP contribution in [0.2, 0.25) is 0 Å². The molecule has 16 heavy (non-hydrogen) atoms. The first-order valence-corrected chi connectivity index (χ1v) is 8.22. The molecule has 0 aliphatic carbocycles. The highest BCUT2D eigenvalue weighted by Crippen LogP contribution is 2.43. The molecule has 0 aromatic heterocycles. The minimum absolute atomic E-state index is 0.511. The van der Waals surface area contributed by atoms with Gasteiger partial charge in [0.05, 0.1) is 13.2 Å². The first-order valence-electron chi connectivity index (χ1n) is 6.23. The van der Waals surface area contributed by atoms with E-state index in [1.165, 1.54) is 19.3 Å². The average molecular weight is 249 g/mol. The second-order valence-electron chi connectivity index (χ2n) is 4.34. The van der Waals surface area contributed by atoms with Crippen molar-refractivity contribution in [2.45, 2.75) is 32.6 Å². The lowest BCUT2D eigenvalue weighted by molar-refractivity contribution is 0.159. The van der Waals surface area contributed by atoms with Crippen molar-refractivity contribution in [3.63, 3.8) is 0 Å². The van der Waals surface area contributed by atoms with Gasteiger partial charge in [-0.1, -0.05) is 13.3 Å². The summed E-state index contributed by atoms with van der Waals surface area (Å²) in [6, 6.07) is 0. The number of piperidine rings is 1. The Balaban J connectivity index is 2.10. The largest absolute Gasteiger partial charge is 0.327 e. The Morgan fingerprint density at radius 1 is 1.12 bits per heavy atom. The van der Waals surface area contributed by atoms with Crippen LogP contribution in [0.5, 0.6) is 0 Å². The molecule has 1 saturated heterocycles. The van der Waals surface area contributed by atoms with Crippen molar-refractivity contribution in [1.82, 2.24) is 4.90 Å². The second-order valence-corrected chi connectivity index (χ2v) is 6.40. The van der Waals surface area contributed by atoms with Crippen molar-refractivity contribution < 1.29 is 13.6 Å². The predicted octanol–water partition coefficient (Wildman–Crippen LogP) is 2.74. The minimum Gasteiger partial charge on any atom is -0.309 e. The van der Waals surface area contributed by atoms with Crippen molar-refractivity contribution >= 4 is 7.60 Å². The molecule has 0 unspecified atom stereocenters. The summed E-state index contributed by atoms with van der Waals surface area (Å²) in [6.07, 6.45) is 4.75. The Kier molecular flexibility index (Phi) is 6.59. The van der Waals surface area contributed by atoms with E-state index < -0.39 is 7.60 Å². The lowest BCUT2D eigenvalue weighted by Gasteiger charge is -2.26. The first kappa shape index (κ1) is 14.2. The van der Waals surface area contributed by atoms with E-state index in [0.29, 0.717) is 13.2 Å². The maximum Gasteiger partial charge on any atom is 0.327 e. The first-order chi connectivity index (χ1) is 7.64. The average Bonchev–Trinajstić information content (AvgIpc) is 2.28. The highest BCUT2D eigenvalue weighted by atomic mass is 31.2. The molecule has 1 aliphatic heterocycles. The van der Waals surface area contributed by atoms with Crippen molar-refractivity contribution in [3.05, 3.63) is 0 Å². The van der Waals surface area contributed by atoms with Crippen molar-refractivity contribution in [2.75, 3.05) is 39.5 Å². The van der Waals surface area contributed by atoms with Gasteiger partial charge in [0.25, 0.3) is 0 Å². The molecule has 5 heteroatoms. The number of rotatable bonds is 7. The number of nitrogens with zero attached hydrogens (tertiary/aromatic N) is 1. The zero-order valence-corrected chi connectivity index (χ0v) is 11.4. The van der Waals surface area contributed by atoms with Crippen molar-refractivity contribution in [1.29, 1.82) is 0 Å². The molecular formula is C11H24NO3P. The molecule has 1 rings (SSSR count). The van der Waals surface area contributed by atoms with Crippen LogP contribution in [0.1, 0.15) is 32.6 Å². The van der Waals surface area contributed by atoms with Crippen LogP contribution >= 0.6 is 7.60 Å². The lowest BCUT2D eigenvalue weighted by atomic mass is 10.1. The van der Waals surface area contributed by atoms with E-state index in [1.54, 1.807) is 6.66 Å². The summed E-state index contributed by atoms with van der Waals surface area (Å²) in [5.74, 6) is 0. The van der Waals surface area contributed by atoms with E-state index in [4.69, 9.17) is 9.05 Å². The molecular weight excluding hydrogens is 225 g/mol. The third kappa shape index (κ3) is 6.00. The van der Waals surface area contributed by atoms with Gasteiger partial charge in [-0.3, -0.25) is 4.57 Å². The van der Waals surface area contributed by atoms with Crippen molar-refractivity contribution in [3.8, 4) is 0 Å². The van der Waals surface area contributed by atoms with Crippen LogP contribution in [-0.2, 0) is 13.6 Å². The van der Waals surface area contributed by atoms with Gasteiger partial charge in [-0.05, 0) is 32.4 Å². The van der Waals surface area contributed by atoms with Crippen LogP contribution in [0, 0.1) is 0 Å². The smallest absolute Gasteiger partial charge is 0.309 e. The molecule has 0 saturated carbocycles. The van der Waals surface area contributed by atoms with E-state index in [0.717, 1.165) is 26.1 Å². The van der Waals surface area contributed by atoms with Crippen LogP contribution in [0.4, 0.5) is 0 Å². The summed E-state index contributed by atoms with van der Waals surface area (Å²) in [5, 5.41) is 0. The summed E-state index contributed by atoms with van der Waals surface area (Å²) in [5.41, 5.74) is 0. The van der Waals surface area contributed by atoms with Gasteiger partial charge in [-0.25, -0.2) is 0 Å². The van der Waals surface area contributed by atoms with E-state index in [2.05, 4.69) is 4.90 Å². The zero-order valence-electron chi connectivity index (χ0n) is 10.5. The van der Waals surface area contributed by atoms with Gasteiger partial charge in [0.2, 0.25) is 0 Å². The maximum atomic E-state index is 11.8. The molecule has 1 fully saturated rings. The Morgan fingerprint density at radius 3 is 2.38 bits per heavy atom. The Morgan fingerprint density at radius 2 is 1.75 bits per heavy atom. The number of hydrogen-bond acceptors (Lipinski definition) is 4. The molecule has 0 N–H and O–H groups in total. The van der Waals surface area contributed by atoms with Crippen LogP contribution in [-0.4, -0.2) is 44.4 Å². The van der Waals surface area contributed by atoms with E-state index >= 15 is 0 Å². The topological polar surface area (TPSA) is 38.8 Å². The van der Waals surface area contributed by atoms with E-state index in [-0.39, 0.29) is 0 Å². The summed E-state index contributed by atoms with van der Waals surface area (Å²) in [6.45, 7) is 7.73. The molecule has 0 radical (unpaired) electrons. The molecule has 1 atom stereocenters. The molecule has 0 spiro atoms. The van der Waals surface area contributed by atoms with Crippen LogP contribution < -0.4 is 0 Å². The highest BCUT2D eigenvalue weighted by molar-refractivity contribution is 7.52. The van der Waals surface area contributed by atoms with Gasteiger partial charge in [0, 0.05) is 13.2 Å². The van der Waals surface area contributed by atoms with E-state index in [1.807, 2.05) is 6.92 Å². The van der Waals surface area contributed by atoms with Crippen LogP contribution in [0.3, 0.4) is 0 Å². The molecule has 1 heterocycles. The van der Waals surface area contributed by atoms with Gasteiger partial charge < -0.3 is 13.9 Å². The molecule has 0 aromatic carbocycles. The number of hydrogen-bond donors (Lipinski definition) is 0. The summed E-state index contributed by atoms with van der Waals surface area (Å²) in [7, 11) is -2.80. The molecule has 4 nitrogen and oxygen atoms in total. The van der Waals surface area contributed by atoms with Gasteiger partial charge in [-0.15, -0.1) is 0 Å². The fourth-order valence-corrected chi connectivity index (χ4v) is 2.82. The third-order valence-corrected chi connectivity index (χ3v) is 4.02. The van der Waals surface area contributed by atoms with Gasteiger partial charge >= 0.3 is 7.60 Å². The third-order valence-electron chi connectivity index (χ3n) is 2.71. The Hall–Kier alpha value is 0.110. The number of likely N-dealkylation sites (tertiary alicyclic amines) is 1. The lowest BCUT2D eigenvalue weighted by Crippen LogP contribution is -2.32.